The van der Waals surface area contributed by atoms with E-state index < -0.39 is 11.8 Å². The van der Waals surface area contributed by atoms with Crippen molar-refractivity contribution in [2.45, 2.75) is 52.3 Å². The molecule has 122 valence electrons. The van der Waals surface area contributed by atoms with Crippen molar-refractivity contribution >= 4 is 11.6 Å². The Morgan fingerprint density at radius 2 is 1.39 bits per heavy atom. The first-order valence-corrected chi connectivity index (χ1v) is 8.01. The Balaban J connectivity index is 1.88. The van der Waals surface area contributed by atoms with E-state index >= 15 is 0 Å². The van der Waals surface area contributed by atoms with Gasteiger partial charge in [0.1, 0.15) is 17.3 Å². The lowest BCUT2D eigenvalue weighted by molar-refractivity contribution is 0.0279. The number of hydrogen-bond acceptors (Lipinski definition) is 5. The van der Waals surface area contributed by atoms with Crippen molar-refractivity contribution in [2.24, 2.45) is 0 Å². The molecule has 1 unspecified atom stereocenters. The topological polar surface area (TPSA) is 70.1 Å². The van der Waals surface area contributed by atoms with Crippen LogP contribution in [0.5, 0.6) is 0 Å². The minimum atomic E-state index is -0.611. The fraction of sp³-hybridized carbons (Fsp3) is 0.444. The molecule has 1 saturated carbocycles. The van der Waals surface area contributed by atoms with Crippen LogP contribution in [-0.4, -0.2) is 26.8 Å². The molecule has 0 aromatic carbocycles. The van der Waals surface area contributed by atoms with Gasteiger partial charge in [-0.3, -0.25) is 0 Å². The van der Waals surface area contributed by atoms with Crippen LogP contribution in [0.2, 0.25) is 0 Å². The Morgan fingerprint density at radius 3 is 1.70 bits per heavy atom. The maximum atomic E-state index is 10.4. The molecule has 0 radical (unpaired) electrons. The molecule has 5 nitrogen and oxygen atoms in total. The summed E-state index contributed by atoms with van der Waals surface area (Å²) < 4.78 is 0. The average Bonchev–Trinajstić information content (AvgIpc) is 2.42. The van der Waals surface area contributed by atoms with E-state index in [0.717, 1.165) is 47.0 Å². The molecule has 0 spiro atoms. The van der Waals surface area contributed by atoms with Crippen molar-refractivity contribution in [1.82, 2.24) is 9.97 Å². The monoisotopic (exact) mass is 312 g/mol. The molecule has 2 aromatic rings. The fourth-order valence-corrected chi connectivity index (χ4v) is 3.15. The van der Waals surface area contributed by atoms with Crippen LogP contribution in [0.1, 0.15) is 35.4 Å². The summed E-state index contributed by atoms with van der Waals surface area (Å²) in [5, 5.41) is 17.2. The van der Waals surface area contributed by atoms with E-state index in [4.69, 9.17) is 0 Å². The Kier molecular flexibility index (Phi) is 3.98. The van der Waals surface area contributed by atoms with Crippen LogP contribution in [0.3, 0.4) is 0 Å². The van der Waals surface area contributed by atoms with Crippen molar-refractivity contribution in [3.63, 3.8) is 0 Å². The second-order valence-corrected chi connectivity index (χ2v) is 6.62. The fourth-order valence-electron chi connectivity index (χ4n) is 3.15. The highest BCUT2D eigenvalue weighted by atomic mass is 16.3. The zero-order valence-electron chi connectivity index (χ0n) is 14.1. The number of aromatic nitrogens is 2. The van der Waals surface area contributed by atoms with E-state index in [0.29, 0.717) is 0 Å². The number of anilines is 2. The molecule has 2 aromatic heterocycles. The number of hydrogen-bond donors (Lipinski definition) is 3. The number of nitrogens with one attached hydrogen (secondary N) is 2. The maximum Gasteiger partial charge on any atom is 0.137 e. The molecule has 1 fully saturated rings. The Morgan fingerprint density at radius 1 is 0.913 bits per heavy atom. The first-order chi connectivity index (χ1) is 10.9. The third-order valence-electron chi connectivity index (χ3n) is 4.28. The first-order valence-electron chi connectivity index (χ1n) is 8.01. The average molecular weight is 312 g/mol. The number of aliphatic hydroxyl groups is 1. The standard InChI is InChI=1S/C18H24N4O/c1-11-7-13(3)19-16(9-11)21-18(6-5-15(18)23)22-17-10-12(2)8-14(4)20-17/h7-10,15,23H,5-6H2,1-4H3,(H,19,21)(H,20,22). The quantitative estimate of drug-likeness (QED) is 0.757. The first kappa shape index (κ1) is 15.7. The van der Waals surface area contributed by atoms with Gasteiger partial charge in [0.05, 0.1) is 6.10 Å². The lowest BCUT2D eigenvalue weighted by atomic mass is 9.81. The molecule has 1 aliphatic carbocycles. The highest BCUT2D eigenvalue weighted by Gasteiger charge is 2.47. The van der Waals surface area contributed by atoms with Crippen LogP contribution in [-0.2, 0) is 0 Å². The van der Waals surface area contributed by atoms with Crippen molar-refractivity contribution in [2.75, 3.05) is 10.6 Å². The molecule has 0 aliphatic heterocycles. The Labute approximate surface area is 137 Å². The Hall–Kier alpha value is -2.14. The summed E-state index contributed by atoms with van der Waals surface area (Å²) in [6.45, 7) is 8.03. The predicted molar refractivity (Wildman–Crippen MR) is 92.6 cm³/mol. The largest absolute Gasteiger partial charge is 0.389 e. The predicted octanol–water partition coefficient (Wildman–Crippen LogP) is 3.09. The van der Waals surface area contributed by atoms with E-state index in [9.17, 15) is 5.11 Å². The summed E-state index contributed by atoms with van der Waals surface area (Å²) in [7, 11) is 0. The van der Waals surface area contributed by atoms with E-state index in [1.807, 2.05) is 52.0 Å². The van der Waals surface area contributed by atoms with Gasteiger partial charge in [0.2, 0.25) is 0 Å². The maximum absolute atomic E-state index is 10.4. The van der Waals surface area contributed by atoms with Crippen molar-refractivity contribution < 1.29 is 5.11 Å². The van der Waals surface area contributed by atoms with Gasteiger partial charge in [-0.2, -0.15) is 0 Å². The zero-order valence-corrected chi connectivity index (χ0v) is 14.1. The number of aliphatic hydroxyl groups excluding tert-OH is 1. The van der Waals surface area contributed by atoms with Crippen LogP contribution in [0.25, 0.3) is 0 Å². The summed E-state index contributed by atoms with van der Waals surface area (Å²) in [6, 6.07) is 8.06. The SMILES string of the molecule is Cc1cc(C)nc(NC2(Nc3cc(C)cc(C)n3)CCC2O)c1. The molecule has 1 aliphatic rings. The van der Waals surface area contributed by atoms with Crippen LogP contribution in [0.4, 0.5) is 11.6 Å². The summed E-state index contributed by atoms with van der Waals surface area (Å²) >= 11 is 0. The summed E-state index contributed by atoms with van der Waals surface area (Å²) in [5.74, 6) is 1.55. The van der Waals surface area contributed by atoms with E-state index in [1.54, 1.807) is 0 Å². The Bertz CT molecular complexity index is 635. The highest BCUT2D eigenvalue weighted by molar-refractivity contribution is 5.50. The van der Waals surface area contributed by atoms with Crippen LogP contribution in [0, 0.1) is 27.7 Å². The van der Waals surface area contributed by atoms with Gasteiger partial charge in [0, 0.05) is 11.4 Å². The molecule has 0 bridgehead atoms. The lowest BCUT2D eigenvalue weighted by Crippen LogP contribution is -2.63. The van der Waals surface area contributed by atoms with Crippen molar-refractivity contribution in [3.8, 4) is 0 Å². The van der Waals surface area contributed by atoms with Crippen LogP contribution >= 0.6 is 0 Å². The van der Waals surface area contributed by atoms with Gasteiger partial charge in [-0.05, 0) is 75.9 Å². The van der Waals surface area contributed by atoms with E-state index in [1.165, 1.54) is 0 Å². The van der Waals surface area contributed by atoms with Gasteiger partial charge in [-0.1, -0.05) is 0 Å². The molecular weight excluding hydrogens is 288 g/mol. The molecule has 1 atom stereocenters. The smallest absolute Gasteiger partial charge is 0.137 e. The third kappa shape index (κ3) is 3.29. The van der Waals surface area contributed by atoms with E-state index in [-0.39, 0.29) is 0 Å². The van der Waals surface area contributed by atoms with Crippen molar-refractivity contribution in [3.05, 3.63) is 46.8 Å². The van der Waals surface area contributed by atoms with Gasteiger partial charge in [0.25, 0.3) is 0 Å². The van der Waals surface area contributed by atoms with Gasteiger partial charge in [-0.15, -0.1) is 0 Å². The molecule has 2 heterocycles. The third-order valence-corrected chi connectivity index (χ3v) is 4.28. The van der Waals surface area contributed by atoms with Gasteiger partial charge < -0.3 is 15.7 Å². The molecule has 3 N–H and O–H groups in total. The minimum Gasteiger partial charge on any atom is -0.389 e. The highest BCUT2D eigenvalue weighted by Crippen LogP contribution is 2.36. The minimum absolute atomic E-state index is 0.479. The van der Waals surface area contributed by atoms with Crippen LogP contribution < -0.4 is 10.6 Å². The molecule has 5 heteroatoms. The van der Waals surface area contributed by atoms with E-state index in [2.05, 4.69) is 20.6 Å². The molecule has 0 amide bonds. The summed E-state index contributed by atoms with van der Waals surface area (Å²) in [4.78, 5) is 9.06. The van der Waals surface area contributed by atoms with Crippen molar-refractivity contribution in [1.29, 1.82) is 0 Å². The number of nitrogens with zero attached hydrogens (tertiary/aromatic N) is 2. The summed E-state index contributed by atoms with van der Waals surface area (Å²) in [5.41, 5.74) is 3.60. The molecular formula is C18H24N4O. The molecule has 23 heavy (non-hydrogen) atoms. The number of aryl methyl sites for hydroxylation is 4. The van der Waals surface area contributed by atoms with Gasteiger partial charge >= 0.3 is 0 Å². The van der Waals surface area contributed by atoms with Gasteiger partial charge in [-0.25, -0.2) is 9.97 Å². The summed E-state index contributed by atoms with van der Waals surface area (Å²) in [6.07, 6.45) is 1.10. The molecule has 3 rings (SSSR count). The second-order valence-electron chi connectivity index (χ2n) is 6.62. The molecule has 0 saturated heterocycles. The zero-order chi connectivity index (χ0) is 16.6. The number of pyridine rings is 2. The number of rotatable bonds is 4. The van der Waals surface area contributed by atoms with Gasteiger partial charge in [0.15, 0.2) is 0 Å². The lowest BCUT2D eigenvalue weighted by Gasteiger charge is -2.48. The van der Waals surface area contributed by atoms with Crippen LogP contribution in [0.15, 0.2) is 24.3 Å². The second kappa shape index (κ2) is 5.81. The normalized spacial score (nSPS) is 19.1.